The lowest BCUT2D eigenvalue weighted by Gasteiger charge is -2.08. The lowest BCUT2D eigenvalue weighted by atomic mass is 10.2. The van der Waals surface area contributed by atoms with Crippen molar-refractivity contribution in [3.63, 3.8) is 0 Å². The van der Waals surface area contributed by atoms with Crippen LogP contribution in [0.1, 0.15) is 6.42 Å². The summed E-state index contributed by atoms with van der Waals surface area (Å²) in [5.41, 5.74) is 0.326. The number of carbonyl (C=O) groups excluding carboxylic acids is 1. The first-order valence-electron chi connectivity index (χ1n) is 5.08. The molecular weight excluding hydrogens is 300 g/mol. The Labute approximate surface area is 118 Å². The quantitative estimate of drug-likeness (QED) is 0.842. The van der Waals surface area contributed by atoms with Crippen LogP contribution in [0.4, 0.5) is 5.69 Å². The minimum Gasteiger partial charge on any atom is -0.481 e. The molecule has 2 rings (SSSR count). The highest BCUT2D eigenvalue weighted by Crippen LogP contribution is 2.40. The summed E-state index contributed by atoms with van der Waals surface area (Å²) in [7, 11) is 0. The first kappa shape index (κ1) is 13.5. The maximum Gasteiger partial charge on any atom is 0.307 e. The molecule has 1 fully saturated rings. The molecule has 0 bridgehead atoms. The largest absolute Gasteiger partial charge is 0.481 e. The number of hydrogen-bond acceptors (Lipinski definition) is 2. The van der Waals surface area contributed by atoms with Gasteiger partial charge < -0.3 is 10.4 Å². The van der Waals surface area contributed by atoms with E-state index in [1.807, 2.05) is 0 Å². The maximum absolute atomic E-state index is 11.7. The summed E-state index contributed by atoms with van der Waals surface area (Å²) >= 11 is 17.5. The van der Waals surface area contributed by atoms with E-state index in [2.05, 4.69) is 5.32 Å². The van der Waals surface area contributed by atoms with Crippen molar-refractivity contribution < 1.29 is 14.7 Å². The Morgan fingerprint density at radius 3 is 2.28 bits per heavy atom. The summed E-state index contributed by atoms with van der Waals surface area (Å²) in [5.74, 6) is -2.45. The summed E-state index contributed by atoms with van der Waals surface area (Å²) in [4.78, 5) is 22.4. The number of hydrogen-bond donors (Lipinski definition) is 2. The number of nitrogens with one attached hydrogen (secondary N) is 1. The summed E-state index contributed by atoms with van der Waals surface area (Å²) in [6.45, 7) is 0. The van der Waals surface area contributed by atoms with E-state index in [1.165, 1.54) is 12.1 Å². The molecule has 2 unspecified atom stereocenters. The first-order valence-corrected chi connectivity index (χ1v) is 6.21. The number of benzene rings is 1. The van der Waals surface area contributed by atoms with Crippen LogP contribution in [-0.4, -0.2) is 17.0 Å². The zero-order valence-corrected chi connectivity index (χ0v) is 11.2. The number of amides is 1. The number of halogens is 3. The lowest BCUT2D eigenvalue weighted by Crippen LogP contribution is -2.17. The number of carboxylic acids is 1. The predicted molar refractivity (Wildman–Crippen MR) is 69.3 cm³/mol. The number of rotatable bonds is 3. The third kappa shape index (κ3) is 2.71. The van der Waals surface area contributed by atoms with Crippen LogP contribution >= 0.6 is 34.8 Å². The molecule has 7 heteroatoms. The van der Waals surface area contributed by atoms with Gasteiger partial charge in [0.2, 0.25) is 5.91 Å². The van der Waals surface area contributed by atoms with Crippen molar-refractivity contribution in [3.05, 3.63) is 27.2 Å². The van der Waals surface area contributed by atoms with Crippen LogP contribution < -0.4 is 5.32 Å². The molecule has 1 aromatic carbocycles. The highest BCUT2D eigenvalue weighted by Gasteiger charge is 2.48. The van der Waals surface area contributed by atoms with Crippen LogP contribution in [0.25, 0.3) is 0 Å². The smallest absolute Gasteiger partial charge is 0.307 e. The molecule has 1 saturated carbocycles. The minimum absolute atomic E-state index is 0.255. The van der Waals surface area contributed by atoms with Gasteiger partial charge in [-0.05, 0) is 18.6 Å². The molecule has 2 N–H and O–H groups in total. The highest BCUT2D eigenvalue weighted by molar-refractivity contribution is 6.44. The molecule has 0 heterocycles. The summed E-state index contributed by atoms with van der Waals surface area (Å²) < 4.78 is 0. The zero-order chi connectivity index (χ0) is 13.4. The van der Waals surface area contributed by atoms with Crippen molar-refractivity contribution >= 4 is 52.4 Å². The molecule has 0 aliphatic heterocycles. The molecule has 96 valence electrons. The SMILES string of the molecule is O=C(O)C1CC1C(=O)Nc1cc(Cl)c(Cl)cc1Cl. The van der Waals surface area contributed by atoms with Crippen LogP contribution in [0, 0.1) is 11.8 Å². The summed E-state index contributed by atoms with van der Waals surface area (Å²) in [5, 5.41) is 12.1. The fraction of sp³-hybridized carbons (Fsp3) is 0.273. The minimum atomic E-state index is -0.963. The molecule has 1 aromatic rings. The topological polar surface area (TPSA) is 66.4 Å². The Kier molecular flexibility index (Phi) is 3.71. The van der Waals surface area contributed by atoms with Gasteiger partial charge in [0.15, 0.2) is 0 Å². The first-order chi connectivity index (χ1) is 8.40. The van der Waals surface area contributed by atoms with E-state index in [0.29, 0.717) is 12.1 Å². The van der Waals surface area contributed by atoms with Gasteiger partial charge in [0.05, 0.1) is 32.6 Å². The van der Waals surface area contributed by atoms with E-state index in [4.69, 9.17) is 39.9 Å². The Balaban J connectivity index is 2.09. The van der Waals surface area contributed by atoms with Crippen molar-refractivity contribution in [2.75, 3.05) is 5.32 Å². The Morgan fingerprint density at radius 1 is 1.11 bits per heavy atom. The third-order valence-electron chi connectivity index (χ3n) is 2.71. The Bertz CT molecular complexity index is 533. The lowest BCUT2D eigenvalue weighted by molar-refractivity contribution is -0.139. The highest BCUT2D eigenvalue weighted by atomic mass is 35.5. The van der Waals surface area contributed by atoms with Crippen LogP contribution in [0.15, 0.2) is 12.1 Å². The van der Waals surface area contributed by atoms with Gasteiger partial charge in [-0.3, -0.25) is 9.59 Å². The van der Waals surface area contributed by atoms with Gasteiger partial charge in [-0.2, -0.15) is 0 Å². The van der Waals surface area contributed by atoms with Crippen LogP contribution in [0.3, 0.4) is 0 Å². The fourth-order valence-corrected chi connectivity index (χ4v) is 2.20. The van der Waals surface area contributed by atoms with Crippen molar-refractivity contribution in [2.45, 2.75) is 6.42 Å². The molecule has 4 nitrogen and oxygen atoms in total. The molecule has 0 radical (unpaired) electrons. The van der Waals surface area contributed by atoms with Gasteiger partial charge >= 0.3 is 5.97 Å². The van der Waals surface area contributed by atoms with E-state index in [0.717, 1.165) is 0 Å². The van der Waals surface area contributed by atoms with Gasteiger partial charge in [0.1, 0.15) is 0 Å². The predicted octanol–water partition coefficient (Wildman–Crippen LogP) is 3.31. The van der Waals surface area contributed by atoms with E-state index < -0.39 is 17.8 Å². The van der Waals surface area contributed by atoms with Gasteiger partial charge in [0.25, 0.3) is 0 Å². The molecule has 18 heavy (non-hydrogen) atoms. The van der Waals surface area contributed by atoms with E-state index in [-0.39, 0.29) is 21.0 Å². The number of carboxylic acid groups (broad SMARTS) is 1. The maximum atomic E-state index is 11.7. The van der Waals surface area contributed by atoms with E-state index in [1.54, 1.807) is 0 Å². The second-order valence-electron chi connectivity index (χ2n) is 4.02. The number of anilines is 1. The van der Waals surface area contributed by atoms with Gasteiger partial charge in [-0.15, -0.1) is 0 Å². The van der Waals surface area contributed by atoms with Crippen molar-refractivity contribution in [1.82, 2.24) is 0 Å². The standard InChI is InChI=1S/C11H8Cl3NO3/c12-6-2-8(14)9(3-7(6)13)15-10(16)4-1-5(4)11(17)18/h2-5H,1H2,(H,15,16)(H,17,18). The zero-order valence-electron chi connectivity index (χ0n) is 8.91. The van der Waals surface area contributed by atoms with Crippen molar-refractivity contribution in [1.29, 1.82) is 0 Å². The van der Waals surface area contributed by atoms with Crippen molar-refractivity contribution in [2.24, 2.45) is 11.8 Å². The van der Waals surface area contributed by atoms with Gasteiger partial charge in [0, 0.05) is 0 Å². The number of carbonyl (C=O) groups is 2. The fourth-order valence-electron chi connectivity index (χ4n) is 1.60. The van der Waals surface area contributed by atoms with Crippen LogP contribution in [0.5, 0.6) is 0 Å². The molecule has 1 aliphatic carbocycles. The Morgan fingerprint density at radius 2 is 1.72 bits per heavy atom. The summed E-state index contributed by atoms with van der Waals surface area (Å²) in [6, 6.07) is 2.85. The Hall–Kier alpha value is -0.970. The van der Waals surface area contributed by atoms with E-state index >= 15 is 0 Å². The second-order valence-corrected chi connectivity index (χ2v) is 5.24. The third-order valence-corrected chi connectivity index (χ3v) is 3.75. The summed E-state index contributed by atoms with van der Waals surface area (Å²) in [6.07, 6.45) is 0.347. The molecule has 2 atom stereocenters. The molecular formula is C11H8Cl3NO3. The van der Waals surface area contributed by atoms with Crippen LogP contribution in [0.2, 0.25) is 15.1 Å². The second kappa shape index (κ2) is 4.96. The molecule has 0 spiro atoms. The van der Waals surface area contributed by atoms with Gasteiger partial charge in [-0.25, -0.2) is 0 Å². The van der Waals surface area contributed by atoms with Crippen molar-refractivity contribution in [3.8, 4) is 0 Å². The number of aliphatic carboxylic acids is 1. The van der Waals surface area contributed by atoms with Crippen LogP contribution in [-0.2, 0) is 9.59 Å². The normalized spacial score (nSPS) is 21.5. The molecule has 1 aliphatic rings. The average Bonchev–Trinajstić information content (AvgIpc) is 3.05. The van der Waals surface area contributed by atoms with Gasteiger partial charge in [-0.1, -0.05) is 34.8 Å². The van der Waals surface area contributed by atoms with E-state index in [9.17, 15) is 9.59 Å². The average molecular weight is 309 g/mol. The monoisotopic (exact) mass is 307 g/mol. The molecule has 1 amide bonds. The molecule has 0 aromatic heterocycles. The molecule has 0 saturated heterocycles.